The fourth-order valence-corrected chi connectivity index (χ4v) is 8.47. The van der Waals surface area contributed by atoms with Gasteiger partial charge in [0.2, 0.25) is 0 Å². The van der Waals surface area contributed by atoms with Crippen LogP contribution in [0.4, 0.5) is 0 Å². The number of carbonyl (C=O) groups is 3. The van der Waals surface area contributed by atoms with Crippen LogP contribution in [0.25, 0.3) is 0 Å². The highest BCUT2D eigenvalue weighted by Crippen LogP contribution is 2.20. The zero-order valence-corrected chi connectivity index (χ0v) is 41.3. The average Bonchev–Trinajstić information content (AvgIpc) is 3.21. The standard InChI is InChI=1S/C54H104O6/c1-7-10-13-16-19-22-25-28-31-34-37-40-48(4)43-52(55)58-46-51(60-54(57)45-50(6)42-39-36-33-30-27-24-21-18-15-12-9-3)47-59-53(56)44-49(5)41-38-35-32-29-26-23-20-17-14-11-8-2/h48-51H,7-47H2,1-6H3. The lowest BCUT2D eigenvalue weighted by Gasteiger charge is -2.20. The van der Waals surface area contributed by atoms with Crippen molar-refractivity contribution in [2.45, 2.75) is 298 Å². The molecule has 0 saturated carbocycles. The number of unbranched alkanes of at least 4 members (excludes halogenated alkanes) is 30. The van der Waals surface area contributed by atoms with Gasteiger partial charge in [-0.1, -0.05) is 273 Å². The van der Waals surface area contributed by atoms with Crippen molar-refractivity contribution in [1.29, 1.82) is 0 Å². The number of esters is 3. The summed E-state index contributed by atoms with van der Waals surface area (Å²) in [4.78, 5) is 38.8. The summed E-state index contributed by atoms with van der Waals surface area (Å²) in [5.74, 6) is -0.153. The Balaban J connectivity index is 4.63. The molecule has 0 aromatic heterocycles. The van der Waals surface area contributed by atoms with Crippen LogP contribution in [-0.2, 0) is 28.6 Å². The van der Waals surface area contributed by atoms with Crippen molar-refractivity contribution in [3.8, 4) is 0 Å². The summed E-state index contributed by atoms with van der Waals surface area (Å²) < 4.78 is 17.2. The highest BCUT2D eigenvalue weighted by molar-refractivity contribution is 5.71. The first-order chi connectivity index (χ1) is 29.2. The minimum absolute atomic E-state index is 0.0791. The van der Waals surface area contributed by atoms with Crippen LogP contribution in [0, 0.1) is 17.8 Å². The van der Waals surface area contributed by atoms with E-state index in [-0.39, 0.29) is 48.9 Å². The molecule has 0 aliphatic rings. The van der Waals surface area contributed by atoms with E-state index in [0.29, 0.717) is 19.3 Å². The van der Waals surface area contributed by atoms with E-state index in [1.54, 1.807) is 0 Å². The Bertz CT molecular complexity index is 885. The maximum atomic E-state index is 13.1. The van der Waals surface area contributed by atoms with E-state index in [1.165, 1.54) is 193 Å². The third-order valence-electron chi connectivity index (χ3n) is 12.6. The Kier molecular flexibility index (Phi) is 44.2. The van der Waals surface area contributed by atoms with Gasteiger partial charge in [0, 0.05) is 19.3 Å². The predicted molar refractivity (Wildman–Crippen MR) is 256 cm³/mol. The molecule has 0 spiro atoms. The molecule has 0 N–H and O–H groups in total. The first-order valence-corrected chi connectivity index (χ1v) is 26.7. The van der Waals surface area contributed by atoms with Crippen LogP contribution in [0.3, 0.4) is 0 Å². The Morgan fingerprint density at radius 3 is 0.783 bits per heavy atom. The average molecular weight is 849 g/mol. The zero-order valence-electron chi connectivity index (χ0n) is 41.3. The van der Waals surface area contributed by atoms with E-state index in [0.717, 1.165) is 38.5 Å². The van der Waals surface area contributed by atoms with Crippen LogP contribution < -0.4 is 0 Å². The van der Waals surface area contributed by atoms with Crippen LogP contribution >= 0.6 is 0 Å². The van der Waals surface area contributed by atoms with Crippen molar-refractivity contribution < 1.29 is 28.6 Å². The van der Waals surface area contributed by atoms with Gasteiger partial charge in [0.25, 0.3) is 0 Å². The highest BCUT2D eigenvalue weighted by Gasteiger charge is 2.22. The Labute approximate surface area is 374 Å². The lowest BCUT2D eigenvalue weighted by atomic mass is 9.98. The van der Waals surface area contributed by atoms with E-state index in [1.807, 2.05) is 0 Å². The van der Waals surface area contributed by atoms with E-state index in [2.05, 4.69) is 41.5 Å². The summed E-state index contributed by atoms with van der Waals surface area (Å²) in [7, 11) is 0. The van der Waals surface area contributed by atoms with Gasteiger partial charge in [0.15, 0.2) is 6.10 Å². The largest absolute Gasteiger partial charge is 0.462 e. The molecule has 60 heavy (non-hydrogen) atoms. The summed E-state index contributed by atoms with van der Waals surface area (Å²) in [6.07, 6.45) is 46.5. The molecule has 3 atom stereocenters. The molecule has 356 valence electrons. The highest BCUT2D eigenvalue weighted by atomic mass is 16.6. The van der Waals surface area contributed by atoms with E-state index >= 15 is 0 Å². The van der Waals surface area contributed by atoms with Gasteiger partial charge in [-0.05, 0) is 17.8 Å². The molecule has 0 rings (SSSR count). The lowest BCUT2D eigenvalue weighted by molar-refractivity contribution is -0.168. The monoisotopic (exact) mass is 849 g/mol. The lowest BCUT2D eigenvalue weighted by Crippen LogP contribution is -2.31. The molecule has 0 aliphatic heterocycles. The Hall–Kier alpha value is -1.59. The molecule has 0 amide bonds. The van der Waals surface area contributed by atoms with Gasteiger partial charge in [-0.25, -0.2) is 0 Å². The van der Waals surface area contributed by atoms with Gasteiger partial charge in [0.05, 0.1) is 0 Å². The molecule has 0 aromatic rings. The number of ether oxygens (including phenoxy) is 3. The van der Waals surface area contributed by atoms with Gasteiger partial charge in [0.1, 0.15) is 13.2 Å². The first-order valence-electron chi connectivity index (χ1n) is 26.7. The van der Waals surface area contributed by atoms with Crippen LogP contribution in [0.5, 0.6) is 0 Å². The molecule has 0 bridgehead atoms. The van der Waals surface area contributed by atoms with Gasteiger partial charge in [-0.3, -0.25) is 14.4 Å². The van der Waals surface area contributed by atoms with E-state index in [9.17, 15) is 14.4 Å². The third-order valence-corrected chi connectivity index (χ3v) is 12.6. The number of hydrogen-bond donors (Lipinski definition) is 0. The second kappa shape index (κ2) is 45.4. The minimum atomic E-state index is -0.788. The molecular weight excluding hydrogens is 745 g/mol. The molecule has 6 nitrogen and oxygen atoms in total. The molecule has 6 heteroatoms. The molecule has 3 unspecified atom stereocenters. The van der Waals surface area contributed by atoms with Crippen molar-refractivity contribution >= 4 is 17.9 Å². The van der Waals surface area contributed by atoms with Crippen molar-refractivity contribution in [3.63, 3.8) is 0 Å². The number of carbonyl (C=O) groups excluding carboxylic acids is 3. The predicted octanol–water partition coefficient (Wildman–Crippen LogP) is 17.2. The van der Waals surface area contributed by atoms with Crippen LogP contribution in [0.2, 0.25) is 0 Å². The summed E-state index contributed by atoms with van der Waals surface area (Å²) in [6.45, 7) is 13.0. The van der Waals surface area contributed by atoms with E-state index in [4.69, 9.17) is 14.2 Å². The molecule has 0 heterocycles. The molecule has 0 aliphatic carbocycles. The van der Waals surface area contributed by atoms with Crippen LogP contribution in [0.15, 0.2) is 0 Å². The Morgan fingerprint density at radius 2 is 0.533 bits per heavy atom. The zero-order chi connectivity index (χ0) is 44.2. The minimum Gasteiger partial charge on any atom is -0.462 e. The van der Waals surface area contributed by atoms with Gasteiger partial charge in [-0.15, -0.1) is 0 Å². The van der Waals surface area contributed by atoms with Crippen molar-refractivity contribution in [2.24, 2.45) is 17.8 Å². The van der Waals surface area contributed by atoms with Crippen LogP contribution in [-0.4, -0.2) is 37.2 Å². The first kappa shape index (κ1) is 58.4. The van der Waals surface area contributed by atoms with Crippen molar-refractivity contribution in [2.75, 3.05) is 13.2 Å². The fourth-order valence-electron chi connectivity index (χ4n) is 8.47. The van der Waals surface area contributed by atoms with Gasteiger partial charge in [-0.2, -0.15) is 0 Å². The smallest absolute Gasteiger partial charge is 0.306 e. The molecule has 0 fully saturated rings. The van der Waals surface area contributed by atoms with E-state index < -0.39 is 6.10 Å². The summed E-state index contributed by atoms with van der Waals surface area (Å²) in [5, 5.41) is 0. The summed E-state index contributed by atoms with van der Waals surface area (Å²) >= 11 is 0. The second-order valence-corrected chi connectivity index (χ2v) is 19.4. The number of hydrogen-bond acceptors (Lipinski definition) is 6. The maximum absolute atomic E-state index is 13.1. The molecule has 0 radical (unpaired) electrons. The molecular formula is C54H104O6. The van der Waals surface area contributed by atoms with Gasteiger partial charge < -0.3 is 14.2 Å². The summed E-state index contributed by atoms with van der Waals surface area (Å²) in [5.41, 5.74) is 0. The van der Waals surface area contributed by atoms with Crippen LogP contribution in [0.1, 0.15) is 292 Å². The molecule has 0 saturated heterocycles. The molecule has 0 aromatic carbocycles. The maximum Gasteiger partial charge on any atom is 0.306 e. The Morgan fingerprint density at radius 1 is 0.317 bits per heavy atom. The second-order valence-electron chi connectivity index (χ2n) is 19.4. The summed E-state index contributed by atoms with van der Waals surface area (Å²) in [6, 6.07) is 0. The number of rotatable bonds is 47. The van der Waals surface area contributed by atoms with Crippen molar-refractivity contribution in [3.05, 3.63) is 0 Å². The van der Waals surface area contributed by atoms with Crippen molar-refractivity contribution in [1.82, 2.24) is 0 Å². The topological polar surface area (TPSA) is 78.9 Å². The fraction of sp³-hybridized carbons (Fsp3) is 0.944. The normalized spacial score (nSPS) is 13.5. The van der Waals surface area contributed by atoms with Gasteiger partial charge >= 0.3 is 17.9 Å². The quantitative estimate of drug-likeness (QED) is 0.0345. The third kappa shape index (κ3) is 43.1. The SMILES string of the molecule is CCCCCCCCCCCCCC(C)CC(=O)OCC(COC(=O)CC(C)CCCCCCCCCCCCC)OC(=O)CC(C)CCCCCCCCCCCCC.